The van der Waals surface area contributed by atoms with Crippen LogP contribution in [0.15, 0.2) is 42.5 Å². The zero-order chi connectivity index (χ0) is 23.1. The van der Waals surface area contributed by atoms with Gasteiger partial charge in [0.25, 0.3) is 0 Å². The lowest BCUT2D eigenvalue weighted by atomic mass is 9.76. The molecule has 1 amide bonds. The van der Waals surface area contributed by atoms with Gasteiger partial charge in [0.15, 0.2) is 0 Å². The Morgan fingerprint density at radius 3 is 2.47 bits per heavy atom. The summed E-state index contributed by atoms with van der Waals surface area (Å²) in [5, 5.41) is 11.9. The van der Waals surface area contributed by atoms with Crippen LogP contribution in [0.2, 0.25) is 0 Å². The fourth-order valence-corrected chi connectivity index (χ4v) is 4.26. The average molecular weight is 448 g/mol. The summed E-state index contributed by atoms with van der Waals surface area (Å²) >= 11 is 0. The number of carbonyl (C=O) groups is 1. The van der Waals surface area contributed by atoms with Gasteiger partial charge in [-0.2, -0.15) is 0 Å². The molecule has 3 atom stereocenters. The summed E-state index contributed by atoms with van der Waals surface area (Å²) in [7, 11) is 0. The lowest BCUT2D eigenvalue weighted by Gasteiger charge is -2.34. The van der Waals surface area contributed by atoms with Crippen LogP contribution in [-0.4, -0.2) is 42.9 Å². The second-order valence-electron chi connectivity index (χ2n) is 8.29. The number of ether oxygens (including phenoxy) is 1. The topological polar surface area (TPSA) is 111 Å². The van der Waals surface area contributed by atoms with E-state index in [1.807, 2.05) is 0 Å². The number of halogens is 2. The number of carbonyl (C=O) groups excluding carboxylic acids is 1. The second kappa shape index (κ2) is 11.5. The standard InChI is InChI=1S/C24H31F2N3O3/c25-17-6-4-15(5-7-17)22(16-10-12-32-13-11-16)23(28)24(31)29-21-3-1-2-20(26)19(21)9-8-18(27)14-30/h1-7,16,18,22-23,30H,8-14,27-28H2,(H,29,31)/t18-,22-,23-/m0/s1. The van der Waals surface area contributed by atoms with Crippen molar-refractivity contribution in [3.8, 4) is 0 Å². The quantitative estimate of drug-likeness (QED) is 0.472. The van der Waals surface area contributed by atoms with Crippen molar-refractivity contribution in [3.05, 3.63) is 65.2 Å². The highest BCUT2D eigenvalue weighted by Crippen LogP contribution is 2.35. The molecule has 0 saturated carbocycles. The highest BCUT2D eigenvalue weighted by atomic mass is 19.1. The van der Waals surface area contributed by atoms with Crippen molar-refractivity contribution < 1.29 is 23.4 Å². The van der Waals surface area contributed by atoms with Crippen LogP contribution in [0.1, 0.15) is 36.3 Å². The van der Waals surface area contributed by atoms with Crippen LogP contribution in [0.25, 0.3) is 0 Å². The molecule has 6 N–H and O–H groups in total. The highest BCUT2D eigenvalue weighted by molar-refractivity contribution is 5.96. The van der Waals surface area contributed by atoms with Crippen LogP contribution >= 0.6 is 0 Å². The summed E-state index contributed by atoms with van der Waals surface area (Å²) in [6.45, 7) is 0.956. The van der Waals surface area contributed by atoms with Crippen LogP contribution in [0.5, 0.6) is 0 Å². The minimum atomic E-state index is -0.917. The van der Waals surface area contributed by atoms with Crippen LogP contribution < -0.4 is 16.8 Å². The Hall–Kier alpha value is -2.39. The lowest BCUT2D eigenvalue weighted by molar-refractivity contribution is -0.118. The van der Waals surface area contributed by atoms with Crippen molar-refractivity contribution in [2.45, 2.75) is 43.7 Å². The molecule has 1 fully saturated rings. The van der Waals surface area contributed by atoms with Crippen LogP contribution in [0.4, 0.5) is 14.5 Å². The zero-order valence-electron chi connectivity index (χ0n) is 18.0. The minimum Gasteiger partial charge on any atom is -0.395 e. The molecule has 0 aliphatic carbocycles. The Morgan fingerprint density at radius 2 is 1.81 bits per heavy atom. The Labute approximate surface area is 186 Å². The van der Waals surface area contributed by atoms with Gasteiger partial charge in [-0.25, -0.2) is 8.78 Å². The molecular formula is C24H31F2N3O3. The normalized spacial score (nSPS) is 17.5. The number of benzene rings is 2. The molecule has 2 aromatic rings. The Kier molecular flexibility index (Phi) is 8.69. The predicted molar refractivity (Wildman–Crippen MR) is 119 cm³/mol. The third-order valence-corrected chi connectivity index (χ3v) is 6.09. The SMILES string of the molecule is N[C@H](CO)CCc1c(F)cccc1NC(=O)[C@@H](N)[C@@H](c1ccc(F)cc1)C1CCOCC1. The summed E-state index contributed by atoms with van der Waals surface area (Å²) < 4.78 is 33.4. The molecular weight excluding hydrogens is 416 g/mol. The molecule has 1 aliphatic rings. The first kappa shape index (κ1) is 24.3. The van der Waals surface area contributed by atoms with Crippen molar-refractivity contribution in [2.75, 3.05) is 25.1 Å². The van der Waals surface area contributed by atoms with Crippen molar-refractivity contribution in [1.29, 1.82) is 0 Å². The molecule has 1 heterocycles. The largest absolute Gasteiger partial charge is 0.395 e. The van der Waals surface area contributed by atoms with Crippen molar-refractivity contribution >= 4 is 11.6 Å². The van der Waals surface area contributed by atoms with E-state index in [-0.39, 0.29) is 30.7 Å². The van der Waals surface area contributed by atoms with E-state index in [1.165, 1.54) is 24.3 Å². The molecule has 3 rings (SSSR count). The van der Waals surface area contributed by atoms with Gasteiger partial charge in [-0.1, -0.05) is 18.2 Å². The molecule has 0 spiro atoms. The monoisotopic (exact) mass is 447 g/mol. The third-order valence-electron chi connectivity index (χ3n) is 6.09. The first-order chi connectivity index (χ1) is 15.4. The average Bonchev–Trinajstić information content (AvgIpc) is 2.80. The highest BCUT2D eigenvalue weighted by Gasteiger charge is 2.34. The van der Waals surface area contributed by atoms with Gasteiger partial charge in [0, 0.05) is 36.4 Å². The van der Waals surface area contributed by atoms with Gasteiger partial charge in [-0.3, -0.25) is 4.79 Å². The van der Waals surface area contributed by atoms with Gasteiger partial charge < -0.3 is 26.6 Å². The number of nitrogens with two attached hydrogens (primary N) is 2. The van der Waals surface area contributed by atoms with E-state index in [9.17, 15) is 13.6 Å². The Morgan fingerprint density at radius 1 is 1.12 bits per heavy atom. The fourth-order valence-electron chi connectivity index (χ4n) is 4.26. The number of hydrogen-bond donors (Lipinski definition) is 4. The Bertz CT molecular complexity index is 889. The third kappa shape index (κ3) is 6.10. The van der Waals surface area contributed by atoms with E-state index in [1.54, 1.807) is 18.2 Å². The maximum Gasteiger partial charge on any atom is 0.241 e. The van der Waals surface area contributed by atoms with Gasteiger partial charge in [0.05, 0.1) is 12.6 Å². The van der Waals surface area contributed by atoms with Crippen molar-refractivity contribution in [2.24, 2.45) is 17.4 Å². The molecule has 0 bridgehead atoms. The molecule has 0 radical (unpaired) electrons. The summed E-state index contributed by atoms with van der Waals surface area (Å²) in [5.74, 6) is -1.49. The zero-order valence-corrected chi connectivity index (χ0v) is 18.0. The number of anilines is 1. The van der Waals surface area contributed by atoms with Gasteiger partial charge in [-0.05, 0) is 61.4 Å². The van der Waals surface area contributed by atoms with Gasteiger partial charge in [-0.15, -0.1) is 0 Å². The molecule has 2 aromatic carbocycles. The number of aliphatic hydroxyl groups is 1. The number of hydrogen-bond acceptors (Lipinski definition) is 5. The maximum atomic E-state index is 14.5. The number of rotatable bonds is 9. The lowest BCUT2D eigenvalue weighted by Crippen LogP contribution is -2.44. The van der Waals surface area contributed by atoms with Crippen molar-refractivity contribution in [3.63, 3.8) is 0 Å². The summed E-state index contributed by atoms with van der Waals surface area (Å²) in [4.78, 5) is 13.2. The number of aliphatic hydroxyl groups excluding tert-OH is 1. The van der Waals surface area contributed by atoms with E-state index in [4.69, 9.17) is 21.3 Å². The summed E-state index contributed by atoms with van der Waals surface area (Å²) in [6.07, 6.45) is 2.12. The summed E-state index contributed by atoms with van der Waals surface area (Å²) in [6, 6.07) is 9.10. The van der Waals surface area contributed by atoms with Gasteiger partial charge >= 0.3 is 0 Å². The van der Waals surface area contributed by atoms with E-state index in [0.717, 1.165) is 18.4 Å². The van der Waals surface area contributed by atoms with Crippen LogP contribution in [-0.2, 0) is 16.0 Å². The van der Waals surface area contributed by atoms with Gasteiger partial charge in [0.2, 0.25) is 5.91 Å². The van der Waals surface area contributed by atoms with E-state index in [2.05, 4.69) is 5.32 Å². The molecule has 8 heteroatoms. The number of amides is 1. The molecule has 0 unspecified atom stereocenters. The first-order valence-corrected chi connectivity index (χ1v) is 10.9. The fraction of sp³-hybridized carbons (Fsp3) is 0.458. The van der Waals surface area contributed by atoms with Gasteiger partial charge in [0.1, 0.15) is 11.6 Å². The second-order valence-corrected chi connectivity index (χ2v) is 8.29. The molecule has 0 aromatic heterocycles. The molecule has 1 saturated heterocycles. The molecule has 1 aliphatic heterocycles. The molecule has 32 heavy (non-hydrogen) atoms. The minimum absolute atomic E-state index is 0.101. The van der Waals surface area contributed by atoms with E-state index < -0.39 is 23.8 Å². The summed E-state index contributed by atoms with van der Waals surface area (Å²) in [5.41, 5.74) is 13.6. The maximum absolute atomic E-state index is 14.5. The Balaban J connectivity index is 1.82. The molecule has 174 valence electrons. The van der Waals surface area contributed by atoms with Crippen LogP contribution in [0, 0.1) is 17.6 Å². The molecule has 6 nitrogen and oxygen atoms in total. The van der Waals surface area contributed by atoms with Crippen molar-refractivity contribution in [1.82, 2.24) is 0 Å². The van der Waals surface area contributed by atoms with Crippen LogP contribution in [0.3, 0.4) is 0 Å². The first-order valence-electron chi connectivity index (χ1n) is 10.9. The predicted octanol–water partition coefficient (Wildman–Crippen LogP) is 2.69. The van der Waals surface area contributed by atoms with E-state index >= 15 is 0 Å². The van der Waals surface area contributed by atoms with E-state index in [0.29, 0.717) is 30.9 Å². The smallest absolute Gasteiger partial charge is 0.241 e. The number of nitrogens with one attached hydrogen (secondary N) is 1.